The summed E-state index contributed by atoms with van der Waals surface area (Å²) in [6.45, 7) is 0. The monoisotopic (exact) mass is 768 g/mol. The highest BCUT2D eigenvalue weighted by atomic mass is 28.3. The average Bonchev–Trinajstić information content (AvgIpc) is 3.32. The Labute approximate surface area is 346 Å². The molecule has 0 aliphatic carbocycles. The molecule has 10 aromatic carbocycles. The maximum Gasteiger partial charge on any atom is 0.184 e. The number of fused-ring (bicyclic) bond motifs is 5. The summed E-state index contributed by atoms with van der Waals surface area (Å²) in [4.78, 5) is 4.88. The van der Waals surface area contributed by atoms with Gasteiger partial charge in [0.1, 0.15) is 0 Å². The van der Waals surface area contributed by atoms with Gasteiger partial charge in [0.25, 0.3) is 0 Å². The first-order chi connectivity index (χ1) is 29.3. The van der Waals surface area contributed by atoms with E-state index >= 15 is 0 Å². The highest BCUT2D eigenvalue weighted by Gasteiger charge is 2.48. The van der Waals surface area contributed by atoms with Gasteiger partial charge in [-0.05, 0) is 103 Å². The van der Waals surface area contributed by atoms with Crippen molar-refractivity contribution < 1.29 is 0 Å². The highest BCUT2D eigenvalue weighted by molar-refractivity contribution is 7.21. The Morgan fingerprint density at radius 3 is 1.54 bits per heavy atom. The van der Waals surface area contributed by atoms with Crippen molar-refractivity contribution in [1.82, 2.24) is 0 Å². The van der Waals surface area contributed by atoms with E-state index in [1.54, 1.807) is 0 Å². The summed E-state index contributed by atoms with van der Waals surface area (Å²) >= 11 is 0. The molecule has 0 fully saturated rings. The Hall–Kier alpha value is -7.46. The maximum atomic E-state index is 2.51. The first-order valence-electron chi connectivity index (χ1n) is 20.4. The SMILES string of the molecule is c1ccc(N2c3ccccc3[Si](c3ccccc3)(c3ccccc3)c3cc(-c4ccc(N(c5ccccc5)c5cc6ccccc6c6ccccc56)cc4)ccc32)cc1. The van der Waals surface area contributed by atoms with Crippen molar-refractivity contribution in [2.45, 2.75) is 0 Å². The summed E-state index contributed by atoms with van der Waals surface area (Å²) in [7, 11) is -2.83. The zero-order valence-electron chi connectivity index (χ0n) is 32.5. The van der Waals surface area contributed by atoms with Crippen LogP contribution in [0, 0.1) is 0 Å². The molecule has 1 aliphatic heterocycles. The number of para-hydroxylation sites is 3. The minimum atomic E-state index is -2.83. The number of hydrogen-bond acceptors (Lipinski definition) is 2. The van der Waals surface area contributed by atoms with E-state index in [0.29, 0.717) is 0 Å². The van der Waals surface area contributed by atoms with Crippen LogP contribution in [0.2, 0.25) is 0 Å². The molecule has 0 saturated carbocycles. The van der Waals surface area contributed by atoms with E-state index < -0.39 is 8.07 Å². The van der Waals surface area contributed by atoms with Crippen molar-refractivity contribution in [3.8, 4) is 11.1 Å². The number of anilines is 6. The molecular formula is C56H40N2Si. The number of rotatable bonds is 7. The Balaban J connectivity index is 1.11. The minimum absolute atomic E-state index is 1.11. The molecule has 1 heterocycles. The molecule has 278 valence electrons. The fourth-order valence-corrected chi connectivity index (χ4v) is 14.6. The predicted molar refractivity (Wildman–Crippen MR) is 253 cm³/mol. The molecule has 10 aromatic rings. The lowest BCUT2D eigenvalue weighted by atomic mass is 9.98. The van der Waals surface area contributed by atoms with Crippen molar-refractivity contribution in [2.75, 3.05) is 9.80 Å². The van der Waals surface area contributed by atoms with Gasteiger partial charge in [0.15, 0.2) is 8.07 Å². The van der Waals surface area contributed by atoms with Crippen LogP contribution in [-0.2, 0) is 0 Å². The van der Waals surface area contributed by atoms with Crippen LogP contribution in [0.25, 0.3) is 32.7 Å². The first kappa shape index (κ1) is 34.8. The second-order valence-electron chi connectivity index (χ2n) is 15.3. The van der Waals surface area contributed by atoms with E-state index in [9.17, 15) is 0 Å². The van der Waals surface area contributed by atoms with Crippen LogP contribution in [0.3, 0.4) is 0 Å². The summed E-state index contributed by atoms with van der Waals surface area (Å²) in [5.41, 5.74) is 9.40. The topological polar surface area (TPSA) is 6.48 Å². The molecule has 0 amide bonds. The van der Waals surface area contributed by atoms with Gasteiger partial charge in [-0.15, -0.1) is 0 Å². The number of hydrogen-bond donors (Lipinski definition) is 0. The molecule has 0 saturated heterocycles. The van der Waals surface area contributed by atoms with Gasteiger partial charge >= 0.3 is 0 Å². The van der Waals surface area contributed by atoms with Crippen LogP contribution in [-0.4, -0.2) is 8.07 Å². The standard InChI is InChI=1S/C56H40N2Si/c1-5-20-44(21-6-1)57(54-39-43-19-13-14-28-49(43)50-29-15-16-30-51(50)54)46-36-33-41(34-37-46)42-35-38-53-56(40-42)59(47-24-9-3-10-25-47,48-26-11-4-12-27-48)55-32-18-17-31-52(55)58(53)45-22-7-2-8-23-45/h1-40H. The molecule has 2 nitrogen and oxygen atoms in total. The van der Waals surface area contributed by atoms with Crippen LogP contribution in [0.4, 0.5) is 34.1 Å². The third-order valence-electron chi connectivity index (χ3n) is 12.1. The zero-order valence-corrected chi connectivity index (χ0v) is 33.5. The van der Waals surface area contributed by atoms with Crippen molar-refractivity contribution >= 4 is 84.5 Å². The van der Waals surface area contributed by atoms with Crippen LogP contribution in [0.5, 0.6) is 0 Å². The fraction of sp³-hybridized carbons (Fsp3) is 0. The third-order valence-corrected chi connectivity index (χ3v) is 16.9. The lowest BCUT2D eigenvalue weighted by molar-refractivity contribution is 1.29. The van der Waals surface area contributed by atoms with Gasteiger partial charge in [0.2, 0.25) is 0 Å². The lowest BCUT2D eigenvalue weighted by Gasteiger charge is -2.45. The molecule has 1 aliphatic rings. The molecule has 0 spiro atoms. The van der Waals surface area contributed by atoms with Gasteiger partial charge < -0.3 is 9.80 Å². The van der Waals surface area contributed by atoms with E-state index in [-0.39, 0.29) is 0 Å². The van der Waals surface area contributed by atoms with Crippen LogP contribution >= 0.6 is 0 Å². The Kier molecular flexibility index (Phi) is 8.53. The second kappa shape index (κ2) is 14.5. The zero-order chi connectivity index (χ0) is 39.2. The molecule has 3 heteroatoms. The quantitative estimate of drug-likeness (QED) is 0.118. The van der Waals surface area contributed by atoms with Gasteiger partial charge in [-0.25, -0.2) is 0 Å². The molecule has 0 bridgehead atoms. The molecule has 0 unspecified atom stereocenters. The van der Waals surface area contributed by atoms with Crippen molar-refractivity contribution in [1.29, 1.82) is 0 Å². The van der Waals surface area contributed by atoms with E-state index in [1.165, 1.54) is 64.8 Å². The van der Waals surface area contributed by atoms with Gasteiger partial charge in [-0.2, -0.15) is 0 Å². The molecule has 0 N–H and O–H groups in total. The van der Waals surface area contributed by atoms with Crippen LogP contribution in [0.15, 0.2) is 243 Å². The van der Waals surface area contributed by atoms with E-state index in [4.69, 9.17) is 0 Å². The molecule has 59 heavy (non-hydrogen) atoms. The van der Waals surface area contributed by atoms with E-state index in [1.807, 2.05) is 0 Å². The predicted octanol–water partition coefficient (Wildman–Crippen LogP) is 12.3. The largest absolute Gasteiger partial charge is 0.311 e. The smallest absolute Gasteiger partial charge is 0.184 e. The highest BCUT2D eigenvalue weighted by Crippen LogP contribution is 2.43. The Morgan fingerprint density at radius 2 is 0.847 bits per heavy atom. The summed E-state index contributed by atoms with van der Waals surface area (Å²) in [5, 5.41) is 10.5. The summed E-state index contributed by atoms with van der Waals surface area (Å²) in [5.74, 6) is 0. The van der Waals surface area contributed by atoms with Crippen LogP contribution in [0.1, 0.15) is 0 Å². The minimum Gasteiger partial charge on any atom is -0.311 e. The van der Waals surface area contributed by atoms with Gasteiger partial charge in [0, 0.05) is 33.8 Å². The molecule has 0 atom stereocenters. The fourth-order valence-electron chi connectivity index (χ4n) is 9.52. The average molecular weight is 769 g/mol. The Bertz CT molecular complexity index is 3050. The number of benzene rings is 10. The van der Waals surface area contributed by atoms with Gasteiger partial charge in [-0.3, -0.25) is 0 Å². The molecule has 11 rings (SSSR count). The summed E-state index contributed by atoms with van der Waals surface area (Å²) < 4.78 is 0. The first-order valence-corrected chi connectivity index (χ1v) is 22.4. The van der Waals surface area contributed by atoms with E-state index in [2.05, 4.69) is 252 Å². The molecule has 0 aromatic heterocycles. The second-order valence-corrected chi connectivity index (χ2v) is 19.0. The van der Waals surface area contributed by atoms with E-state index in [0.717, 1.165) is 22.7 Å². The lowest BCUT2D eigenvalue weighted by Crippen LogP contribution is -2.77. The summed E-state index contributed by atoms with van der Waals surface area (Å²) in [6.07, 6.45) is 0. The van der Waals surface area contributed by atoms with Crippen molar-refractivity contribution in [3.05, 3.63) is 243 Å². The number of nitrogens with zero attached hydrogens (tertiary/aromatic N) is 2. The maximum absolute atomic E-state index is 2.83. The van der Waals surface area contributed by atoms with Crippen molar-refractivity contribution in [2.24, 2.45) is 0 Å². The normalized spacial score (nSPS) is 12.8. The van der Waals surface area contributed by atoms with Crippen molar-refractivity contribution in [3.63, 3.8) is 0 Å². The Morgan fingerprint density at radius 1 is 0.339 bits per heavy atom. The molecular weight excluding hydrogens is 729 g/mol. The van der Waals surface area contributed by atoms with Gasteiger partial charge in [0.05, 0.1) is 5.69 Å². The summed E-state index contributed by atoms with van der Waals surface area (Å²) in [6, 6.07) is 89.4. The third kappa shape index (κ3) is 5.70. The van der Waals surface area contributed by atoms with Crippen LogP contribution < -0.4 is 30.5 Å². The molecule has 0 radical (unpaired) electrons. The van der Waals surface area contributed by atoms with Gasteiger partial charge in [-0.1, -0.05) is 188 Å².